The number of rotatable bonds is 3. The molecule has 0 amide bonds. The van der Waals surface area contributed by atoms with Gasteiger partial charge in [-0.05, 0) is 36.8 Å². The van der Waals surface area contributed by atoms with E-state index in [0.29, 0.717) is 12.5 Å². The lowest BCUT2D eigenvalue weighted by Crippen LogP contribution is -2.24. The Hall–Kier alpha value is -2.99. The first-order valence-corrected chi connectivity index (χ1v) is 9.84. The van der Waals surface area contributed by atoms with Gasteiger partial charge in [0.05, 0.1) is 12.2 Å². The third kappa shape index (κ3) is 2.56. The minimum Gasteiger partial charge on any atom is -0.356 e. The Bertz CT molecular complexity index is 1180. The molecule has 4 heterocycles. The summed E-state index contributed by atoms with van der Waals surface area (Å²) in [7, 11) is 0. The summed E-state index contributed by atoms with van der Waals surface area (Å²) in [5, 5.41) is 0.728. The maximum absolute atomic E-state index is 13.2. The van der Waals surface area contributed by atoms with E-state index in [1.165, 1.54) is 9.75 Å². The lowest BCUT2D eigenvalue weighted by molar-refractivity contribution is 0.738. The van der Waals surface area contributed by atoms with Crippen LogP contribution in [-0.2, 0) is 13.0 Å². The van der Waals surface area contributed by atoms with Gasteiger partial charge in [0, 0.05) is 38.6 Å². The monoisotopic (exact) mass is 374 g/mol. The van der Waals surface area contributed by atoms with Gasteiger partial charge in [-0.1, -0.05) is 19.1 Å². The number of aromatic nitrogens is 3. The van der Waals surface area contributed by atoms with Gasteiger partial charge in [-0.2, -0.15) is 0 Å². The number of benzene rings is 1. The molecule has 1 aliphatic heterocycles. The number of nitrogens with zero attached hydrogens (tertiary/aromatic N) is 3. The normalized spacial score (nSPS) is 16.0. The zero-order chi connectivity index (χ0) is 18.4. The van der Waals surface area contributed by atoms with Crippen molar-refractivity contribution in [2.24, 2.45) is 0 Å². The SMILES string of the molecule is CCc1ccc(C2c3[nH]c4ccccc4c(=O)c3CN2c2ncccn2)s1. The fraction of sp³-hybridized carbons (Fsp3) is 0.190. The molecule has 27 heavy (non-hydrogen) atoms. The Kier molecular flexibility index (Phi) is 3.79. The first-order valence-electron chi connectivity index (χ1n) is 9.02. The number of nitrogens with one attached hydrogen (secondary N) is 1. The van der Waals surface area contributed by atoms with Crippen LogP contribution < -0.4 is 10.3 Å². The van der Waals surface area contributed by atoms with Crippen molar-refractivity contribution in [3.05, 3.63) is 86.1 Å². The van der Waals surface area contributed by atoms with Crippen molar-refractivity contribution in [1.82, 2.24) is 15.0 Å². The number of anilines is 1. The summed E-state index contributed by atoms with van der Waals surface area (Å²) in [6, 6.07) is 13.8. The lowest BCUT2D eigenvalue weighted by atomic mass is 10.1. The van der Waals surface area contributed by atoms with Crippen molar-refractivity contribution in [3.8, 4) is 0 Å². The topological polar surface area (TPSA) is 61.9 Å². The zero-order valence-corrected chi connectivity index (χ0v) is 15.7. The number of fused-ring (bicyclic) bond motifs is 2. The van der Waals surface area contributed by atoms with E-state index in [1.54, 1.807) is 23.7 Å². The fourth-order valence-corrected chi connectivity index (χ4v) is 4.83. The minimum atomic E-state index is -0.0787. The molecule has 6 heteroatoms. The molecule has 0 aliphatic carbocycles. The molecule has 5 rings (SSSR count). The maximum Gasteiger partial charge on any atom is 0.226 e. The predicted molar refractivity (Wildman–Crippen MR) is 108 cm³/mol. The molecule has 1 N–H and O–H groups in total. The fourth-order valence-electron chi connectivity index (χ4n) is 3.76. The largest absolute Gasteiger partial charge is 0.356 e. The Balaban J connectivity index is 1.75. The van der Waals surface area contributed by atoms with Gasteiger partial charge in [0.2, 0.25) is 5.95 Å². The van der Waals surface area contributed by atoms with Crippen LogP contribution >= 0.6 is 11.3 Å². The molecule has 0 fully saturated rings. The molecule has 0 spiro atoms. The molecule has 1 unspecified atom stereocenters. The van der Waals surface area contributed by atoms with Gasteiger partial charge in [-0.15, -0.1) is 11.3 Å². The van der Waals surface area contributed by atoms with E-state index in [9.17, 15) is 4.79 Å². The van der Waals surface area contributed by atoms with Crippen molar-refractivity contribution < 1.29 is 0 Å². The van der Waals surface area contributed by atoms with Crippen LogP contribution in [-0.4, -0.2) is 15.0 Å². The molecule has 0 saturated carbocycles. The molecule has 0 saturated heterocycles. The maximum atomic E-state index is 13.2. The number of hydrogen-bond donors (Lipinski definition) is 1. The second-order valence-corrected chi connectivity index (χ2v) is 7.83. The van der Waals surface area contributed by atoms with Crippen LogP contribution in [0.4, 0.5) is 5.95 Å². The molecule has 134 valence electrons. The average Bonchev–Trinajstić information content (AvgIpc) is 3.33. The summed E-state index contributed by atoms with van der Waals surface area (Å²) in [6.45, 7) is 2.66. The Morgan fingerprint density at radius 2 is 1.96 bits per heavy atom. The van der Waals surface area contributed by atoms with Crippen LogP contribution in [0.3, 0.4) is 0 Å². The zero-order valence-electron chi connectivity index (χ0n) is 14.8. The highest BCUT2D eigenvalue weighted by Crippen LogP contribution is 2.41. The van der Waals surface area contributed by atoms with Gasteiger partial charge in [-0.3, -0.25) is 4.79 Å². The average molecular weight is 374 g/mol. The van der Waals surface area contributed by atoms with Gasteiger partial charge in [0.25, 0.3) is 0 Å². The summed E-state index contributed by atoms with van der Waals surface area (Å²) in [6.07, 6.45) is 4.49. The van der Waals surface area contributed by atoms with E-state index in [-0.39, 0.29) is 11.5 Å². The van der Waals surface area contributed by atoms with Gasteiger partial charge in [0.15, 0.2) is 5.43 Å². The molecule has 1 aromatic carbocycles. The number of aromatic amines is 1. The predicted octanol–water partition coefficient (Wildman–Crippen LogP) is 4.05. The van der Waals surface area contributed by atoms with Crippen LogP contribution in [0.5, 0.6) is 0 Å². The summed E-state index contributed by atoms with van der Waals surface area (Å²) >= 11 is 1.78. The van der Waals surface area contributed by atoms with Gasteiger partial charge in [0.1, 0.15) is 6.04 Å². The Morgan fingerprint density at radius 3 is 2.74 bits per heavy atom. The summed E-state index contributed by atoms with van der Waals surface area (Å²) in [5.74, 6) is 0.641. The van der Waals surface area contributed by atoms with Crippen LogP contribution in [0, 0.1) is 0 Å². The molecular formula is C21H18N4OS. The van der Waals surface area contributed by atoms with E-state index in [1.807, 2.05) is 30.3 Å². The highest BCUT2D eigenvalue weighted by molar-refractivity contribution is 7.12. The van der Waals surface area contributed by atoms with Crippen molar-refractivity contribution in [2.45, 2.75) is 25.9 Å². The highest BCUT2D eigenvalue weighted by atomic mass is 32.1. The smallest absolute Gasteiger partial charge is 0.226 e. The summed E-state index contributed by atoms with van der Waals surface area (Å²) in [4.78, 5) is 30.2. The second kappa shape index (κ2) is 6.32. The quantitative estimate of drug-likeness (QED) is 0.588. The van der Waals surface area contributed by atoms with Crippen molar-refractivity contribution >= 4 is 28.2 Å². The number of hydrogen-bond acceptors (Lipinski definition) is 5. The van der Waals surface area contributed by atoms with Gasteiger partial charge >= 0.3 is 0 Å². The van der Waals surface area contributed by atoms with E-state index >= 15 is 0 Å². The highest BCUT2D eigenvalue weighted by Gasteiger charge is 2.37. The first-order chi connectivity index (χ1) is 13.3. The summed E-state index contributed by atoms with van der Waals surface area (Å²) < 4.78 is 0. The van der Waals surface area contributed by atoms with E-state index in [2.05, 4.69) is 38.9 Å². The first kappa shape index (κ1) is 16.2. The Morgan fingerprint density at radius 1 is 1.15 bits per heavy atom. The number of thiophene rings is 1. The van der Waals surface area contributed by atoms with E-state index < -0.39 is 0 Å². The third-order valence-corrected chi connectivity index (χ3v) is 6.35. The number of H-pyrrole nitrogens is 1. The molecule has 1 atom stereocenters. The van der Waals surface area contributed by atoms with Crippen molar-refractivity contribution in [1.29, 1.82) is 0 Å². The van der Waals surface area contributed by atoms with Crippen LogP contribution in [0.2, 0.25) is 0 Å². The standard InChI is InChI=1S/C21H18N4OS/c1-2-13-8-9-17(27-13)19-18-15(12-25(19)21-22-10-5-11-23-21)20(26)14-6-3-4-7-16(14)24-18/h3-11,19H,2,12H2,1H3,(H,24,26). The van der Waals surface area contributed by atoms with Gasteiger partial charge in [-0.25, -0.2) is 9.97 Å². The number of pyridine rings is 1. The second-order valence-electron chi connectivity index (χ2n) is 6.63. The third-order valence-electron chi connectivity index (χ3n) is 5.06. The van der Waals surface area contributed by atoms with Gasteiger partial charge < -0.3 is 9.88 Å². The van der Waals surface area contributed by atoms with Crippen molar-refractivity contribution in [2.75, 3.05) is 4.90 Å². The number of aryl methyl sites for hydroxylation is 1. The Labute approximate surface area is 160 Å². The molecule has 1 aliphatic rings. The van der Waals surface area contributed by atoms with Crippen LogP contribution in [0.1, 0.15) is 34.0 Å². The molecule has 3 aromatic heterocycles. The molecule has 0 radical (unpaired) electrons. The molecule has 0 bridgehead atoms. The summed E-state index contributed by atoms with van der Waals surface area (Å²) in [5.41, 5.74) is 2.72. The van der Waals surface area contributed by atoms with Crippen molar-refractivity contribution in [3.63, 3.8) is 0 Å². The minimum absolute atomic E-state index is 0.0787. The van der Waals surface area contributed by atoms with E-state index in [0.717, 1.165) is 28.6 Å². The van der Waals surface area contributed by atoms with Crippen LogP contribution in [0.25, 0.3) is 10.9 Å². The molecule has 4 aromatic rings. The lowest BCUT2D eigenvalue weighted by Gasteiger charge is -2.24. The molecule has 5 nitrogen and oxygen atoms in total. The molecular weight excluding hydrogens is 356 g/mol. The van der Waals surface area contributed by atoms with E-state index in [4.69, 9.17) is 0 Å². The van der Waals surface area contributed by atoms with Crippen LogP contribution in [0.15, 0.2) is 59.7 Å². The number of para-hydroxylation sites is 1.